The number of piperazine rings is 1. The highest BCUT2D eigenvalue weighted by atomic mass is 35.5. The van der Waals surface area contributed by atoms with Crippen LogP contribution in [-0.4, -0.2) is 52.6 Å². The highest BCUT2D eigenvalue weighted by Crippen LogP contribution is 2.19. The predicted octanol–water partition coefficient (Wildman–Crippen LogP) is 0.663. The number of halogens is 2. The summed E-state index contributed by atoms with van der Waals surface area (Å²) in [4.78, 5) is 2.15. The SMILES string of the molecule is O=S(=O)(NCCN1CCNCC1)c1ccc(F)c(Cl)c1. The minimum Gasteiger partial charge on any atom is -0.314 e. The molecule has 0 saturated carbocycles. The summed E-state index contributed by atoms with van der Waals surface area (Å²) in [6.45, 7) is 4.61. The number of nitrogens with one attached hydrogen (secondary N) is 2. The van der Waals surface area contributed by atoms with E-state index in [0.717, 1.165) is 38.3 Å². The van der Waals surface area contributed by atoms with Gasteiger partial charge in [-0.05, 0) is 18.2 Å². The molecule has 112 valence electrons. The molecule has 0 aliphatic carbocycles. The van der Waals surface area contributed by atoms with Gasteiger partial charge in [-0.25, -0.2) is 17.5 Å². The lowest BCUT2D eigenvalue weighted by atomic mass is 10.3. The summed E-state index contributed by atoms with van der Waals surface area (Å²) in [6, 6.07) is 3.37. The van der Waals surface area contributed by atoms with Crippen molar-refractivity contribution in [1.29, 1.82) is 0 Å². The highest BCUT2D eigenvalue weighted by molar-refractivity contribution is 7.89. The lowest BCUT2D eigenvalue weighted by Gasteiger charge is -2.27. The maximum absolute atomic E-state index is 13.0. The molecule has 2 N–H and O–H groups in total. The lowest BCUT2D eigenvalue weighted by molar-refractivity contribution is 0.245. The second-order valence-electron chi connectivity index (χ2n) is 4.57. The molecule has 0 atom stereocenters. The van der Waals surface area contributed by atoms with Gasteiger partial charge in [0.25, 0.3) is 0 Å². The zero-order valence-corrected chi connectivity index (χ0v) is 12.5. The van der Waals surface area contributed by atoms with Crippen molar-refractivity contribution < 1.29 is 12.8 Å². The molecule has 1 aromatic carbocycles. The third-order valence-electron chi connectivity index (χ3n) is 3.13. The maximum Gasteiger partial charge on any atom is 0.240 e. The molecule has 1 saturated heterocycles. The zero-order valence-electron chi connectivity index (χ0n) is 10.9. The molecule has 2 rings (SSSR count). The predicted molar refractivity (Wildman–Crippen MR) is 75.9 cm³/mol. The largest absolute Gasteiger partial charge is 0.314 e. The van der Waals surface area contributed by atoms with E-state index in [4.69, 9.17) is 11.6 Å². The number of hydrogen-bond donors (Lipinski definition) is 2. The van der Waals surface area contributed by atoms with Gasteiger partial charge in [-0.3, -0.25) is 4.90 Å². The van der Waals surface area contributed by atoms with Crippen LogP contribution in [0.25, 0.3) is 0 Å². The summed E-state index contributed by atoms with van der Waals surface area (Å²) < 4.78 is 39.5. The fourth-order valence-corrected chi connectivity index (χ4v) is 3.29. The molecule has 0 radical (unpaired) electrons. The Kier molecular flexibility index (Phi) is 5.34. The van der Waals surface area contributed by atoms with E-state index in [1.807, 2.05) is 0 Å². The molecule has 8 heteroatoms. The fraction of sp³-hybridized carbons (Fsp3) is 0.500. The van der Waals surface area contributed by atoms with Crippen molar-refractivity contribution in [2.45, 2.75) is 4.90 Å². The Hall–Kier alpha value is -0.730. The lowest BCUT2D eigenvalue weighted by Crippen LogP contribution is -2.46. The molecule has 5 nitrogen and oxygen atoms in total. The molecule has 0 unspecified atom stereocenters. The Balaban J connectivity index is 1.91. The van der Waals surface area contributed by atoms with E-state index < -0.39 is 15.8 Å². The third kappa shape index (κ3) is 4.13. The van der Waals surface area contributed by atoms with Crippen molar-refractivity contribution in [1.82, 2.24) is 14.9 Å². The Labute approximate surface area is 123 Å². The van der Waals surface area contributed by atoms with Gasteiger partial charge in [0.15, 0.2) is 0 Å². The van der Waals surface area contributed by atoms with E-state index in [-0.39, 0.29) is 9.92 Å². The van der Waals surface area contributed by atoms with Gasteiger partial charge in [0.05, 0.1) is 9.92 Å². The molecular formula is C12H17ClFN3O2S. The van der Waals surface area contributed by atoms with Gasteiger partial charge in [-0.15, -0.1) is 0 Å². The van der Waals surface area contributed by atoms with Crippen molar-refractivity contribution in [3.05, 3.63) is 29.0 Å². The first-order valence-electron chi connectivity index (χ1n) is 6.37. The van der Waals surface area contributed by atoms with Crippen LogP contribution in [0.4, 0.5) is 4.39 Å². The van der Waals surface area contributed by atoms with Gasteiger partial charge in [-0.2, -0.15) is 0 Å². The van der Waals surface area contributed by atoms with Gasteiger partial charge in [-0.1, -0.05) is 11.6 Å². The van der Waals surface area contributed by atoms with E-state index in [2.05, 4.69) is 14.9 Å². The summed E-state index contributed by atoms with van der Waals surface area (Å²) >= 11 is 5.59. The van der Waals surface area contributed by atoms with Crippen LogP contribution in [0.15, 0.2) is 23.1 Å². The van der Waals surface area contributed by atoms with Crippen LogP contribution in [-0.2, 0) is 10.0 Å². The minimum atomic E-state index is -3.64. The standard InChI is InChI=1S/C12H17ClFN3O2S/c13-11-9-10(1-2-12(11)14)20(18,19)16-5-8-17-6-3-15-4-7-17/h1-2,9,15-16H,3-8H2. The normalized spacial score (nSPS) is 17.3. The van der Waals surface area contributed by atoms with E-state index in [1.165, 1.54) is 6.07 Å². The van der Waals surface area contributed by atoms with Crippen LogP contribution < -0.4 is 10.0 Å². The maximum atomic E-state index is 13.0. The average Bonchev–Trinajstić information content (AvgIpc) is 2.43. The van der Waals surface area contributed by atoms with Crippen molar-refractivity contribution in [2.24, 2.45) is 0 Å². The van der Waals surface area contributed by atoms with Gasteiger partial charge >= 0.3 is 0 Å². The van der Waals surface area contributed by atoms with Gasteiger partial charge in [0, 0.05) is 39.3 Å². The van der Waals surface area contributed by atoms with Gasteiger partial charge in [0.1, 0.15) is 5.82 Å². The van der Waals surface area contributed by atoms with Crippen LogP contribution in [0.5, 0.6) is 0 Å². The number of nitrogens with zero attached hydrogens (tertiary/aromatic N) is 1. The number of rotatable bonds is 5. The van der Waals surface area contributed by atoms with Gasteiger partial charge < -0.3 is 5.32 Å². The number of sulfonamides is 1. The first-order chi connectivity index (χ1) is 9.49. The second-order valence-corrected chi connectivity index (χ2v) is 6.74. The highest BCUT2D eigenvalue weighted by Gasteiger charge is 2.16. The van der Waals surface area contributed by atoms with Crippen molar-refractivity contribution in [2.75, 3.05) is 39.3 Å². The first kappa shape index (κ1) is 15.7. The summed E-state index contributed by atoms with van der Waals surface area (Å²) in [6.07, 6.45) is 0. The molecule has 20 heavy (non-hydrogen) atoms. The molecule has 1 fully saturated rings. The quantitative estimate of drug-likeness (QED) is 0.836. The van der Waals surface area contributed by atoms with Crippen molar-refractivity contribution in [3.63, 3.8) is 0 Å². The van der Waals surface area contributed by atoms with Crippen LogP contribution in [0.3, 0.4) is 0 Å². The molecule has 0 spiro atoms. The summed E-state index contributed by atoms with van der Waals surface area (Å²) in [5.74, 6) is -0.633. The molecule has 0 bridgehead atoms. The second kappa shape index (κ2) is 6.82. The average molecular weight is 322 g/mol. The minimum absolute atomic E-state index is 0.0239. The molecule has 0 aromatic heterocycles. The molecule has 1 aliphatic heterocycles. The molecule has 1 aromatic rings. The first-order valence-corrected chi connectivity index (χ1v) is 8.23. The van der Waals surface area contributed by atoms with Crippen molar-refractivity contribution in [3.8, 4) is 0 Å². The van der Waals surface area contributed by atoms with Crippen LogP contribution in [0.2, 0.25) is 5.02 Å². The summed E-state index contributed by atoms with van der Waals surface area (Å²) in [5, 5.41) is 3.03. The molecule has 1 aliphatic rings. The van der Waals surface area contributed by atoms with E-state index >= 15 is 0 Å². The smallest absolute Gasteiger partial charge is 0.240 e. The molecule has 0 amide bonds. The monoisotopic (exact) mass is 321 g/mol. The fourth-order valence-electron chi connectivity index (χ4n) is 2.00. The number of benzene rings is 1. The zero-order chi connectivity index (χ0) is 14.6. The molecular weight excluding hydrogens is 305 g/mol. The van der Waals surface area contributed by atoms with Crippen LogP contribution >= 0.6 is 11.6 Å². The number of hydrogen-bond acceptors (Lipinski definition) is 4. The Morgan fingerprint density at radius 1 is 1.35 bits per heavy atom. The van der Waals surface area contributed by atoms with Crippen LogP contribution in [0.1, 0.15) is 0 Å². The Morgan fingerprint density at radius 3 is 2.70 bits per heavy atom. The Bertz CT molecular complexity index is 562. The van der Waals surface area contributed by atoms with E-state index in [1.54, 1.807) is 0 Å². The molecule has 1 heterocycles. The topological polar surface area (TPSA) is 61.4 Å². The summed E-state index contributed by atoms with van der Waals surface area (Å²) in [5.41, 5.74) is 0. The van der Waals surface area contributed by atoms with Crippen molar-refractivity contribution >= 4 is 21.6 Å². The Morgan fingerprint density at radius 2 is 2.05 bits per heavy atom. The summed E-state index contributed by atoms with van der Waals surface area (Å²) in [7, 11) is -3.64. The van der Waals surface area contributed by atoms with Crippen LogP contribution in [0, 0.1) is 5.82 Å². The van der Waals surface area contributed by atoms with Gasteiger partial charge in [0.2, 0.25) is 10.0 Å². The van der Waals surface area contributed by atoms with E-state index in [0.29, 0.717) is 13.1 Å². The van der Waals surface area contributed by atoms with E-state index in [9.17, 15) is 12.8 Å². The third-order valence-corrected chi connectivity index (χ3v) is 4.88.